The molecule has 0 aromatic carbocycles. The fourth-order valence-electron chi connectivity index (χ4n) is 2.86. The Morgan fingerprint density at radius 3 is 2.32 bits per heavy atom. The van der Waals surface area contributed by atoms with Crippen molar-refractivity contribution in [1.29, 1.82) is 0 Å². The minimum atomic E-state index is 0. The largest absolute Gasteiger partial charge is 0.328 e. The van der Waals surface area contributed by atoms with E-state index in [-0.39, 0.29) is 37.2 Å². The quantitative estimate of drug-likeness (QED) is 0.833. The summed E-state index contributed by atoms with van der Waals surface area (Å²) in [7, 11) is 0. The summed E-state index contributed by atoms with van der Waals surface area (Å²) < 4.78 is 0. The van der Waals surface area contributed by atoms with Crippen molar-refractivity contribution in [2.24, 2.45) is 5.73 Å². The van der Waals surface area contributed by atoms with Crippen molar-refractivity contribution in [1.82, 2.24) is 10.2 Å². The molecule has 0 saturated carbocycles. The summed E-state index contributed by atoms with van der Waals surface area (Å²) in [5, 5.41) is 3.68. The third-order valence-corrected chi connectivity index (χ3v) is 4.09. The van der Waals surface area contributed by atoms with Crippen molar-refractivity contribution >= 4 is 37.2 Å². The first-order valence-electron chi connectivity index (χ1n) is 7.06. The molecule has 0 aliphatic carbocycles. The number of nitrogens with zero attached hydrogens (tertiary/aromatic N) is 1. The lowest BCUT2D eigenvalue weighted by Gasteiger charge is -2.31. The fourth-order valence-corrected chi connectivity index (χ4v) is 2.86. The zero-order valence-electron chi connectivity index (χ0n) is 11.7. The predicted octanol–water partition coefficient (Wildman–Crippen LogP) is 2.60. The molecule has 2 fully saturated rings. The summed E-state index contributed by atoms with van der Waals surface area (Å²) in [5.74, 6) is 0. The SMILES string of the molecule is Cl.Cl.Cl.NC1CCN(CCC2CCCCCN2)CC1. The molecule has 1 unspecified atom stereocenters. The third kappa shape index (κ3) is 8.59. The lowest BCUT2D eigenvalue weighted by atomic mass is 10.0. The van der Waals surface area contributed by atoms with E-state index in [1.807, 2.05) is 0 Å². The van der Waals surface area contributed by atoms with E-state index in [1.54, 1.807) is 0 Å². The standard InChI is InChI=1S/C13H27N3.3ClH/c14-12-5-9-16(10-6-12)11-7-13-4-2-1-3-8-15-13;;;/h12-13,15H,1-11,14H2;3*1H. The second kappa shape index (κ2) is 12.5. The maximum absolute atomic E-state index is 5.92. The highest BCUT2D eigenvalue weighted by atomic mass is 35.5. The number of likely N-dealkylation sites (tertiary alicyclic amines) is 1. The van der Waals surface area contributed by atoms with E-state index in [0.717, 1.165) is 6.04 Å². The van der Waals surface area contributed by atoms with E-state index >= 15 is 0 Å². The molecule has 2 heterocycles. The number of rotatable bonds is 3. The minimum Gasteiger partial charge on any atom is -0.328 e. The molecule has 0 bridgehead atoms. The molecule has 3 nitrogen and oxygen atoms in total. The Morgan fingerprint density at radius 2 is 1.63 bits per heavy atom. The molecule has 0 aromatic rings. The first-order chi connectivity index (χ1) is 7.84. The van der Waals surface area contributed by atoms with Crippen molar-refractivity contribution in [2.45, 2.75) is 57.0 Å². The molecule has 2 rings (SSSR count). The Balaban J connectivity index is 0. The van der Waals surface area contributed by atoms with Crippen LogP contribution in [-0.2, 0) is 0 Å². The second-order valence-corrected chi connectivity index (χ2v) is 5.47. The van der Waals surface area contributed by atoms with Crippen molar-refractivity contribution in [3.05, 3.63) is 0 Å². The number of hydrogen-bond donors (Lipinski definition) is 2. The zero-order valence-corrected chi connectivity index (χ0v) is 14.1. The van der Waals surface area contributed by atoms with E-state index in [1.165, 1.54) is 71.1 Å². The number of nitrogens with two attached hydrogens (primary N) is 1. The monoisotopic (exact) mass is 333 g/mol. The van der Waals surface area contributed by atoms with Gasteiger partial charge in [0.2, 0.25) is 0 Å². The summed E-state index contributed by atoms with van der Waals surface area (Å²) in [4.78, 5) is 2.59. The molecule has 118 valence electrons. The summed E-state index contributed by atoms with van der Waals surface area (Å²) in [5.41, 5.74) is 5.92. The van der Waals surface area contributed by atoms with Crippen LogP contribution in [0.4, 0.5) is 0 Å². The van der Waals surface area contributed by atoms with E-state index < -0.39 is 0 Å². The van der Waals surface area contributed by atoms with E-state index in [4.69, 9.17) is 5.73 Å². The Kier molecular flexibility index (Phi) is 14.5. The van der Waals surface area contributed by atoms with Gasteiger partial charge in [0.1, 0.15) is 0 Å². The van der Waals surface area contributed by atoms with E-state index in [9.17, 15) is 0 Å². The highest BCUT2D eigenvalue weighted by molar-refractivity contribution is 5.86. The van der Waals surface area contributed by atoms with Crippen LogP contribution in [0.1, 0.15) is 44.9 Å². The molecular formula is C13H30Cl3N3. The van der Waals surface area contributed by atoms with Gasteiger partial charge in [-0.2, -0.15) is 0 Å². The van der Waals surface area contributed by atoms with Crippen LogP contribution in [0.2, 0.25) is 0 Å². The highest BCUT2D eigenvalue weighted by Crippen LogP contribution is 2.13. The molecular weight excluding hydrogens is 305 g/mol. The molecule has 2 aliphatic rings. The minimum absolute atomic E-state index is 0. The van der Waals surface area contributed by atoms with Crippen LogP contribution in [0.5, 0.6) is 0 Å². The van der Waals surface area contributed by atoms with Crippen LogP contribution in [0, 0.1) is 0 Å². The number of halogens is 3. The summed E-state index contributed by atoms with van der Waals surface area (Å²) >= 11 is 0. The molecule has 0 aromatic heterocycles. The fraction of sp³-hybridized carbons (Fsp3) is 1.00. The van der Waals surface area contributed by atoms with Gasteiger partial charge >= 0.3 is 0 Å². The Hall–Kier alpha value is 0.750. The average Bonchev–Trinajstić information content (AvgIpc) is 2.57. The normalized spacial score (nSPS) is 25.4. The number of hydrogen-bond acceptors (Lipinski definition) is 3. The van der Waals surface area contributed by atoms with Gasteiger partial charge in [-0.25, -0.2) is 0 Å². The van der Waals surface area contributed by atoms with Gasteiger partial charge in [-0.1, -0.05) is 12.8 Å². The lowest BCUT2D eigenvalue weighted by Crippen LogP contribution is -2.41. The Morgan fingerprint density at radius 1 is 0.947 bits per heavy atom. The van der Waals surface area contributed by atoms with Gasteiger partial charge in [-0.05, 0) is 58.3 Å². The summed E-state index contributed by atoms with van der Waals surface area (Å²) in [6.45, 7) is 4.93. The van der Waals surface area contributed by atoms with Gasteiger partial charge in [0, 0.05) is 12.1 Å². The first kappa shape index (κ1) is 22.0. The lowest BCUT2D eigenvalue weighted by molar-refractivity contribution is 0.202. The first-order valence-corrected chi connectivity index (χ1v) is 7.06. The second-order valence-electron chi connectivity index (χ2n) is 5.47. The van der Waals surface area contributed by atoms with Crippen LogP contribution < -0.4 is 11.1 Å². The molecule has 3 N–H and O–H groups in total. The maximum atomic E-state index is 5.92. The van der Waals surface area contributed by atoms with Gasteiger partial charge in [-0.3, -0.25) is 0 Å². The van der Waals surface area contributed by atoms with Crippen molar-refractivity contribution in [2.75, 3.05) is 26.2 Å². The van der Waals surface area contributed by atoms with E-state index in [0.29, 0.717) is 6.04 Å². The van der Waals surface area contributed by atoms with E-state index in [2.05, 4.69) is 10.2 Å². The molecule has 0 amide bonds. The molecule has 19 heavy (non-hydrogen) atoms. The summed E-state index contributed by atoms with van der Waals surface area (Å²) in [6, 6.07) is 1.24. The van der Waals surface area contributed by atoms with Crippen LogP contribution in [0.3, 0.4) is 0 Å². The number of piperidine rings is 1. The summed E-state index contributed by atoms with van der Waals surface area (Å²) in [6.07, 6.45) is 9.30. The van der Waals surface area contributed by atoms with Gasteiger partial charge in [0.15, 0.2) is 0 Å². The van der Waals surface area contributed by atoms with Crippen molar-refractivity contribution in [3.63, 3.8) is 0 Å². The Bertz CT molecular complexity index is 192. The number of nitrogens with one attached hydrogen (secondary N) is 1. The van der Waals surface area contributed by atoms with Crippen LogP contribution in [0.25, 0.3) is 0 Å². The third-order valence-electron chi connectivity index (χ3n) is 4.09. The van der Waals surface area contributed by atoms with Gasteiger partial charge < -0.3 is 16.0 Å². The van der Waals surface area contributed by atoms with Crippen LogP contribution >= 0.6 is 37.2 Å². The van der Waals surface area contributed by atoms with Gasteiger partial charge in [0.05, 0.1) is 0 Å². The highest BCUT2D eigenvalue weighted by Gasteiger charge is 2.17. The smallest absolute Gasteiger partial charge is 0.00792 e. The zero-order chi connectivity index (χ0) is 11.2. The van der Waals surface area contributed by atoms with Gasteiger partial charge in [-0.15, -0.1) is 37.2 Å². The Labute approximate surface area is 136 Å². The molecule has 2 saturated heterocycles. The molecule has 1 atom stereocenters. The average molecular weight is 335 g/mol. The van der Waals surface area contributed by atoms with Crippen LogP contribution in [-0.4, -0.2) is 43.2 Å². The molecule has 0 radical (unpaired) electrons. The predicted molar refractivity (Wildman–Crippen MR) is 90.3 cm³/mol. The molecule has 2 aliphatic heterocycles. The van der Waals surface area contributed by atoms with Gasteiger partial charge in [0.25, 0.3) is 0 Å². The van der Waals surface area contributed by atoms with Crippen LogP contribution in [0.15, 0.2) is 0 Å². The van der Waals surface area contributed by atoms with Crippen molar-refractivity contribution < 1.29 is 0 Å². The van der Waals surface area contributed by atoms with Crippen molar-refractivity contribution in [3.8, 4) is 0 Å². The topological polar surface area (TPSA) is 41.3 Å². The molecule has 6 heteroatoms. The maximum Gasteiger partial charge on any atom is 0.00792 e. The molecule has 0 spiro atoms.